The number of aliphatic hydroxyl groups is 1. The van der Waals surface area contributed by atoms with E-state index in [0.717, 1.165) is 24.1 Å². The Morgan fingerprint density at radius 2 is 2.25 bits per heavy atom. The van der Waals surface area contributed by atoms with E-state index < -0.39 is 0 Å². The Balaban J connectivity index is 1.70. The first-order chi connectivity index (χ1) is 9.58. The predicted octanol–water partition coefficient (Wildman–Crippen LogP) is 0.933. The van der Waals surface area contributed by atoms with Crippen molar-refractivity contribution in [2.75, 3.05) is 6.61 Å². The average Bonchev–Trinajstić information content (AvgIpc) is 2.76. The maximum Gasteiger partial charge on any atom is 0.272 e. The first-order valence-corrected chi connectivity index (χ1v) is 7.22. The van der Waals surface area contributed by atoms with Gasteiger partial charge in [0, 0.05) is 24.6 Å². The number of carbonyl (C=O) groups excluding carboxylic acids is 1. The molecule has 0 spiro atoms. The minimum atomic E-state index is -0.120. The van der Waals surface area contributed by atoms with Crippen molar-refractivity contribution in [1.29, 1.82) is 0 Å². The smallest absolute Gasteiger partial charge is 0.272 e. The molecule has 0 radical (unpaired) electrons. The number of fused-ring (bicyclic) bond motifs is 1. The molecule has 0 aromatic carbocycles. The molecule has 1 saturated carbocycles. The molecule has 1 aromatic heterocycles. The zero-order chi connectivity index (χ0) is 14.3. The number of hydrogen-bond acceptors (Lipinski definition) is 4. The van der Waals surface area contributed by atoms with Crippen LogP contribution in [-0.2, 0) is 11.2 Å². The lowest BCUT2D eigenvalue weighted by molar-refractivity contribution is -0.00698. The number of ether oxygens (including phenoxy) is 1. The Bertz CT molecular complexity index is 508. The summed E-state index contributed by atoms with van der Waals surface area (Å²) in [5.74, 6) is 0.215. The fourth-order valence-electron chi connectivity index (χ4n) is 3.12. The quantitative estimate of drug-likeness (QED) is 0.768. The number of amides is 1. The molecule has 1 fully saturated rings. The lowest BCUT2D eigenvalue weighted by Gasteiger charge is -2.34. The molecule has 1 aliphatic carbocycles. The van der Waals surface area contributed by atoms with Crippen molar-refractivity contribution in [3.05, 3.63) is 17.0 Å². The lowest BCUT2D eigenvalue weighted by atomic mass is 9.81. The molecule has 2 heterocycles. The summed E-state index contributed by atoms with van der Waals surface area (Å²) in [5.41, 5.74) is 2.39. The van der Waals surface area contributed by atoms with Crippen molar-refractivity contribution in [1.82, 2.24) is 15.5 Å². The highest BCUT2D eigenvalue weighted by atomic mass is 16.5. The second-order valence-electron chi connectivity index (χ2n) is 5.95. The van der Waals surface area contributed by atoms with Gasteiger partial charge >= 0.3 is 0 Å². The van der Waals surface area contributed by atoms with Gasteiger partial charge in [0.2, 0.25) is 0 Å². The number of carbonyl (C=O) groups is 1. The first-order valence-electron chi connectivity index (χ1n) is 7.22. The van der Waals surface area contributed by atoms with Crippen LogP contribution in [0.3, 0.4) is 0 Å². The van der Waals surface area contributed by atoms with Gasteiger partial charge in [-0.25, -0.2) is 0 Å². The van der Waals surface area contributed by atoms with Gasteiger partial charge in [0.25, 0.3) is 5.91 Å². The summed E-state index contributed by atoms with van der Waals surface area (Å²) in [4.78, 5) is 12.3. The van der Waals surface area contributed by atoms with Gasteiger partial charge in [-0.05, 0) is 32.6 Å². The van der Waals surface area contributed by atoms with E-state index in [1.165, 1.54) is 0 Å². The summed E-state index contributed by atoms with van der Waals surface area (Å²) in [6, 6.07) is 0.168. The zero-order valence-electron chi connectivity index (χ0n) is 11.8. The fourth-order valence-corrected chi connectivity index (χ4v) is 3.12. The highest BCUT2D eigenvalue weighted by Crippen LogP contribution is 2.31. The fraction of sp³-hybridized carbons (Fsp3) is 0.714. The first kappa shape index (κ1) is 13.6. The van der Waals surface area contributed by atoms with Crippen molar-refractivity contribution in [3.63, 3.8) is 0 Å². The monoisotopic (exact) mass is 279 g/mol. The molecule has 3 N–H and O–H groups in total. The van der Waals surface area contributed by atoms with Crippen molar-refractivity contribution in [3.8, 4) is 0 Å². The van der Waals surface area contributed by atoms with Gasteiger partial charge in [-0.15, -0.1) is 0 Å². The van der Waals surface area contributed by atoms with Crippen molar-refractivity contribution < 1.29 is 14.6 Å². The Morgan fingerprint density at radius 1 is 1.50 bits per heavy atom. The molecule has 3 rings (SSSR count). The SMILES string of the molecule is C[C@@H]1Cc2c(C(=O)NC3CC(CO)C3)n[nH]c2[C@H](C)O1. The van der Waals surface area contributed by atoms with Crippen LogP contribution in [0.5, 0.6) is 0 Å². The highest BCUT2D eigenvalue weighted by molar-refractivity contribution is 5.94. The summed E-state index contributed by atoms with van der Waals surface area (Å²) in [6.07, 6.45) is 2.47. The summed E-state index contributed by atoms with van der Waals surface area (Å²) in [6.45, 7) is 4.18. The molecule has 6 nitrogen and oxygen atoms in total. The molecule has 20 heavy (non-hydrogen) atoms. The van der Waals surface area contributed by atoms with E-state index in [1.807, 2.05) is 13.8 Å². The number of aromatic amines is 1. The Hall–Kier alpha value is -1.40. The van der Waals surface area contributed by atoms with Gasteiger partial charge in [0.05, 0.1) is 17.9 Å². The van der Waals surface area contributed by atoms with Gasteiger partial charge < -0.3 is 15.2 Å². The average molecular weight is 279 g/mol. The van der Waals surface area contributed by atoms with Crippen LogP contribution in [-0.4, -0.2) is 40.0 Å². The largest absolute Gasteiger partial charge is 0.396 e. The van der Waals surface area contributed by atoms with Crippen LogP contribution in [0.25, 0.3) is 0 Å². The minimum Gasteiger partial charge on any atom is -0.396 e. The number of aromatic nitrogens is 2. The second-order valence-corrected chi connectivity index (χ2v) is 5.95. The van der Waals surface area contributed by atoms with E-state index in [-0.39, 0.29) is 30.8 Å². The second kappa shape index (κ2) is 5.18. The number of H-pyrrole nitrogens is 1. The Kier molecular flexibility index (Phi) is 3.52. The van der Waals surface area contributed by atoms with E-state index in [4.69, 9.17) is 9.84 Å². The van der Waals surface area contributed by atoms with Crippen molar-refractivity contribution >= 4 is 5.91 Å². The van der Waals surface area contributed by atoms with E-state index in [1.54, 1.807) is 0 Å². The molecule has 1 aromatic rings. The van der Waals surface area contributed by atoms with Crippen molar-refractivity contribution in [2.24, 2.45) is 5.92 Å². The Morgan fingerprint density at radius 3 is 2.95 bits per heavy atom. The topological polar surface area (TPSA) is 87.2 Å². The number of nitrogens with one attached hydrogen (secondary N) is 2. The van der Waals surface area contributed by atoms with Gasteiger partial charge in [-0.1, -0.05) is 0 Å². The van der Waals surface area contributed by atoms with Gasteiger partial charge in [0.15, 0.2) is 5.69 Å². The van der Waals surface area contributed by atoms with Gasteiger partial charge in [-0.3, -0.25) is 9.89 Å². The minimum absolute atomic E-state index is 0.0507. The summed E-state index contributed by atoms with van der Waals surface area (Å²) in [5, 5.41) is 19.1. The van der Waals surface area contributed by atoms with E-state index in [9.17, 15) is 4.79 Å². The molecule has 110 valence electrons. The van der Waals surface area contributed by atoms with Gasteiger partial charge in [-0.2, -0.15) is 5.10 Å². The Labute approximate surface area is 117 Å². The third-order valence-corrected chi connectivity index (χ3v) is 4.28. The molecule has 6 heteroatoms. The zero-order valence-corrected chi connectivity index (χ0v) is 11.8. The number of hydrogen-bond donors (Lipinski definition) is 3. The standard InChI is InChI=1S/C14H21N3O3/c1-7-3-11-12(8(2)20-7)16-17-13(11)14(19)15-10-4-9(5-10)6-18/h7-10,18H,3-6H2,1-2H3,(H,15,19)(H,16,17)/t7-,8+,9?,10?/m1/s1. The predicted molar refractivity (Wildman–Crippen MR) is 72.3 cm³/mol. The molecular formula is C14H21N3O3. The van der Waals surface area contributed by atoms with Crippen LogP contribution >= 0.6 is 0 Å². The lowest BCUT2D eigenvalue weighted by Crippen LogP contribution is -2.45. The van der Waals surface area contributed by atoms with Gasteiger partial charge in [0.1, 0.15) is 0 Å². The van der Waals surface area contributed by atoms with Crippen LogP contribution in [0.15, 0.2) is 0 Å². The third-order valence-electron chi connectivity index (χ3n) is 4.28. The maximum absolute atomic E-state index is 12.3. The summed E-state index contributed by atoms with van der Waals surface area (Å²) in [7, 11) is 0. The van der Waals surface area contributed by atoms with Crippen LogP contribution in [0.2, 0.25) is 0 Å². The molecule has 0 bridgehead atoms. The number of rotatable bonds is 3. The normalized spacial score (nSPS) is 32.4. The van der Waals surface area contributed by atoms with E-state index in [0.29, 0.717) is 18.0 Å². The third kappa shape index (κ3) is 2.33. The maximum atomic E-state index is 12.3. The van der Waals surface area contributed by atoms with Crippen LogP contribution in [0.1, 0.15) is 54.5 Å². The summed E-state index contributed by atoms with van der Waals surface area (Å²) < 4.78 is 5.72. The van der Waals surface area contributed by atoms with Crippen LogP contribution in [0, 0.1) is 5.92 Å². The summed E-state index contributed by atoms with van der Waals surface area (Å²) >= 11 is 0. The van der Waals surface area contributed by atoms with Crippen LogP contribution in [0.4, 0.5) is 0 Å². The molecular weight excluding hydrogens is 258 g/mol. The van der Waals surface area contributed by atoms with Crippen LogP contribution < -0.4 is 5.32 Å². The van der Waals surface area contributed by atoms with Crippen molar-refractivity contribution in [2.45, 2.75) is 51.4 Å². The number of nitrogens with zero attached hydrogens (tertiary/aromatic N) is 1. The number of aliphatic hydroxyl groups excluding tert-OH is 1. The molecule has 2 aliphatic rings. The van der Waals surface area contributed by atoms with E-state index >= 15 is 0 Å². The van der Waals surface area contributed by atoms with E-state index in [2.05, 4.69) is 15.5 Å². The molecule has 0 unspecified atom stereocenters. The highest BCUT2D eigenvalue weighted by Gasteiger charge is 2.33. The molecule has 1 amide bonds. The molecule has 1 aliphatic heterocycles. The molecule has 2 atom stereocenters. The molecule has 0 saturated heterocycles.